The van der Waals surface area contributed by atoms with E-state index in [2.05, 4.69) is 91.8 Å². The molecule has 1 aliphatic heterocycles. The van der Waals surface area contributed by atoms with Crippen LogP contribution in [0.1, 0.15) is 108 Å². The number of rotatable bonds is 5. The molecule has 1 atom stereocenters. The van der Waals surface area contributed by atoms with E-state index in [1.54, 1.807) is 0 Å². The molecule has 2 aromatic carbocycles. The fraction of sp³-hybridized carbons (Fsp3) is 0.481. The third kappa shape index (κ3) is 4.37. The van der Waals surface area contributed by atoms with Crippen molar-refractivity contribution in [2.75, 3.05) is 0 Å². The maximum atomic E-state index is 5.19. The van der Waals surface area contributed by atoms with Crippen molar-refractivity contribution in [2.45, 2.75) is 85.5 Å². The highest BCUT2D eigenvalue weighted by molar-refractivity contribution is 6.43. The predicted molar refractivity (Wildman–Crippen MR) is 128 cm³/mol. The molecule has 29 heavy (non-hydrogen) atoms. The minimum atomic E-state index is 0.445. The average Bonchev–Trinajstić information content (AvgIpc) is 2.67. The highest BCUT2D eigenvalue weighted by Crippen LogP contribution is 2.40. The van der Waals surface area contributed by atoms with Crippen molar-refractivity contribution in [1.82, 2.24) is 0 Å². The maximum Gasteiger partial charge on any atom is 0.0703 e. The Morgan fingerprint density at radius 1 is 0.862 bits per heavy atom. The summed E-state index contributed by atoms with van der Waals surface area (Å²) in [5, 5.41) is 0. The molecular formula is C27H36N2. The number of hydrogen-bond acceptors (Lipinski definition) is 2. The molecular weight excluding hydrogens is 352 g/mol. The van der Waals surface area contributed by atoms with Crippen LogP contribution in [0.3, 0.4) is 0 Å². The molecule has 0 spiro atoms. The second-order valence-corrected chi connectivity index (χ2v) is 9.40. The number of para-hydroxylation sites is 2. The summed E-state index contributed by atoms with van der Waals surface area (Å²) in [5.74, 6) is 1.82. The molecule has 0 fully saturated rings. The third-order valence-corrected chi connectivity index (χ3v) is 6.04. The van der Waals surface area contributed by atoms with E-state index in [0.717, 1.165) is 23.5 Å². The van der Waals surface area contributed by atoms with E-state index in [1.807, 2.05) is 0 Å². The molecule has 0 saturated carbocycles. The first-order chi connectivity index (χ1) is 13.7. The monoisotopic (exact) mass is 388 g/mol. The molecule has 2 nitrogen and oxygen atoms in total. The molecule has 154 valence electrons. The van der Waals surface area contributed by atoms with E-state index in [0.29, 0.717) is 23.7 Å². The van der Waals surface area contributed by atoms with Crippen molar-refractivity contribution in [3.8, 4) is 0 Å². The minimum Gasteiger partial charge on any atom is -0.251 e. The highest BCUT2D eigenvalue weighted by atomic mass is 14.8. The van der Waals surface area contributed by atoms with Crippen molar-refractivity contribution in [1.29, 1.82) is 0 Å². The van der Waals surface area contributed by atoms with Crippen LogP contribution in [0.15, 0.2) is 46.4 Å². The van der Waals surface area contributed by atoms with E-state index in [1.165, 1.54) is 27.9 Å². The lowest BCUT2D eigenvalue weighted by Crippen LogP contribution is -2.18. The van der Waals surface area contributed by atoms with Gasteiger partial charge in [0.2, 0.25) is 0 Å². The van der Waals surface area contributed by atoms with Crippen molar-refractivity contribution in [3.63, 3.8) is 0 Å². The molecule has 1 unspecified atom stereocenters. The van der Waals surface area contributed by atoms with Crippen molar-refractivity contribution in [3.05, 3.63) is 58.7 Å². The summed E-state index contributed by atoms with van der Waals surface area (Å²) in [5.41, 5.74) is 9.86. The summed E-state index contributed by atoms with van der Waals surface area (Å²) in [6.45, 7) is 17.9. The topological polar surface area (TPSA) is 24.7 Å². The third-order valence-electron chi connectivity index (χ3n) is 6.04. The lowest BCUT2D eigenvalue weighted by atomic mass is 9.86. The van der Waals surface area contributed by atoms with E-state index in [-0.39, 0.29) is 0 Å². The molecule has 0 saturated heterocycles. The second kappa shape index (κ2) is 8.65. The zero-order chi connectivity index (χ0) is 21.3. The maximum absolute atomic E-state index is 5.19. The first-order valence-corrected chi connectivity index (χ1v) is 11.1. The van der Waals surface area contributed by atoms with E-state index in [4.69, 9.17) is 9.98 Å². The molecule has 0 radical (unpaired) electrons. The van der Waals surface area contributed by atoms with Crippen LogP contribution in [0.5, 0.6) is 0 Å². The largest absolute Gasteiger partial charge is 0.251 e. The second-order valence-electron chi connectivity index (χ2n) is 9.40. The number of fused-ring (bicyclic) bond motifs is 1. The SMILES string of the molecule is CC(=Nc1c(C(C)C)cccc1C(C)C)C1=Nc2c(C(C)C)cccc2C(C)C1. The fourth-order valence-electron chi connectivity index (χ4n) is 4.25. The van der Waals surface area contributed by atoms with E-state index >= 15 is 0 Å². The first-order valence-electron chi connectivity index (χ1n) is 11.1. The van der Waals surface area contributed by atoms with Gasteiger partial charge in [-0.25, -0.2) is 0 Å². The number of hydrogen-bond donors (Lipinski definition) is 0. The Labute approximate surface area is 177 Å². The van der Waals surface area contributed by atoms with Gasteiger partial charge in [-0.15, -0.1) is 0 Å². The van der Waals surface area contributed by atoms with Gasteiger partial charge in [-0.1, -0.05) is 84.9 Å². The molecule has 0 bridgehead atoms. The van der Waals surface area contributed by atoms with Crippen molar-refractivity contribution < 1.29 is 0 Å². The molecule has 0 aromatic heterocycles. The average molecular weight is 389 g/mol. The zero-order valence-corrected chi connectivity index (χ0v) is 19.4. The Morgan fingerprint density at radius 2 is 1.38 bits per heavy atom. The highest BCUT2D eigenvalue weighted by Gasteiger charge is 2.24. The molecule has 0 N–H and O–H groups in total. The lowest BCUT2D eigenvalue weighted by Gasteiger charge is -2.25. The number of aliphatic imine (C=N–C) groups is 2. The summed E-state index contributed by atoms with van der Waals surface area (Å²) in [7, 11) is 0. The van der Waals surface area contributed by atoms with Crippen LogP contribution in [0.4, 0.5) is 11.4 Å². The summed E-state index contributed by atoms with van der Waals surface area (Å²) in [6, 6.07) is 13.3. The Kier molecular flexibility index (Phi) is 6.41. The van der Waals surface area contributed by atoms with Crippen LogP contribution in [0, 0.1) is 0 Å². The fourth-order valence-corrected chi connectivity index (χ4v) is 4.25. The zero-order valence-electron chi connectivity index (χ0n) is 19.4. The van der Waals surface area contributed by atoms with Gasteiger partial charge in [0, 0.05) is 0 Å². The van der Waals surface area contributed by atoms with Crippen LogP contribution in [-0.4, -0.2) is 11.4 Å². The standard InChI is InChI=1S/C27H36N2/c1-16(2)21-11-9-12-22(17(3)4)26(21)28-20(8)25-15-19(7)24-14-10-13-23(18(5)6)27(24)29-25/h9-14,16-19H,15H2,1-8H3. The van der Waals surface area contributed by atoms with E-state index < -0.39 is 0 Å². The quantitative estimate of drug-likeness (QED) is 0.459. The molecule has 0 aliphatic carbocycles. The van der Waals surface area contributed by atoms with E-state index in [9.17, 15) is 0 Å². The molecule has 0 amide bonds. The lowest BCUT2D eigenvalue weighted by molar-refractivity contribution is 0.782. The van der Waals surface area contributed by atoms with Crippen LogP contribution in [0.2, 0.25) is 0 Å². The van der Waals surface area contributed by atoms with Gasteiger partial charge in [-0.3, -0.25) is 9.98 Å². The van der Waals surface area contributed by atoms with Crippen LogP contribution >= 0.6 is 0 Å². The summed E-state index contributed by atoms with van der Waals surface area (Å²) in [4.78, 5) is 10.3. The first kappa shape index (κ1) is 21.5. The summed E-state index contributed by atoms with van der Waals surface area (Å²) in [6.07, 6.45) is 0.949. The summed E-state index contributed by atoms with van der Waals surface area (Å²) < 4.78 is 0. The minimum absolute atomic E-state index is 0.445. The van der Waals surface area contributed by atoms with Gasteiger partial charge in [0.15, 0.2) is 0 Å². The molecule has 3 rings (SSSR count). The van der Waals surface area contributed by atoms with Crippen molar-refractivity contribution >= 4 is 22.8 Å². The summed E-state index contributed by atoms with van der Waals surface area (Å²) >= 11 is 0. The van der Waals surface area contributed by atoms with Crippen LogP contribution in [-0.2, 0) is 0 Å². The van der Waals surface area contributed by atoms with Gasteiger partial charge >= 0.3 is 0 Å². The van der Waals surface area contributed by atoms with Gasteiger partial charge in [0.05, 0.1) is 22.8 Å². The Bertz CT molecular complexity index is 919. The normalized spacial score (nSPS) is 17.1. The van der Waals surface area contributed by atoms with Crippen molar-refractivity contribution in [2.24, 2.45) is 9.98 Å². The Morgan fingerprint density at radius 3 is 1.93 bits per heavy atom. The Hall–Kier alpha value is -2.22. The molecule has 1 aliphatic rings. The number of benzene rings is 2. The smallest absolute Gasteiger partial charge is 0.0703 e. The van der Waals surface area contributed by atoms with Crippen LogP contribution in [0.25, 0.3) is 0 Å². The van der Waals surface area contributed by atoms with Gasteiger partial charge in [0.25, 0.3) is 0 Å². The van der Waals surface area contributed by atoms with Gasteiger partial charge in [0.1, 0.15) is 0 Å². The van der Waals surface area contributed by atoms with Crippen LogP contribution < -0.4 is 0 Å². The Balaban J connectivity index is 2.13. The van der Waals surface area contributed by atoms with Gasteiger partial charge in [-0.05, 0) is 59.3 Å². The van der Waals surface area contributed by atoms with Gasteiger partial charge in [-0.2, -0.15) is 0 Å². The van der Waals surface area contributed by atoms with Gasteiger partial charge < -0.3 is 0 Å². The molecule has 1 heterocycles. The molecule has 2 heteroatoms. The predicted octanol–water partition coefficient (Wildman–Crippen LogP) is 8.43. The number of nitrogens with zero attached hydrogens (tertiary/aromatic N) is 2. The molecule has 2 aromatic rings.